The summed E-state index contributed by atoms with van der Waals surface area (Å²) in [6.45, 7) is 4.40. The Morgan fingerprint density at radius 3 is 2.80 bits per heavy atom. The van der Waals surface area contributed by atoms with E-state index in [1.165, 1.54) is 4.90 Å². The molecule has 0 atom stereocenters. The van der Waals surface area contributed by atoms with E-state index in [-0.39, 0.29) is 18.5 Å². The normalized spacial score (nSPS) is 10.8. The maximum absolute atomic E-state index is 12.0. The Bertz CT molecular complexity index is 474. The van der Waals surface area contributed by atoms with Crippen LogP contribution in [0.2, 0.25) is 0 Å². The lowest BCUT2D eigenvalue weighted by molar-refractivity contribution is -0.117. The lowest BCUT2D eigenvalue weighted by Gasteiger charge is -2.25. The number of hydrogen-bond acceptors (Lipinski definition) is 3. The summed E-state index contributed by atoms with van der Waals surface area (Å²) in [6.07, 6.45) is 3.76. The first-order valence-electron chi connectivity index (χ1n) is 6.34. The summed E-state index contributed by atoms with van der Waals surface area (Å²) in [5, 5.41) is 0. The molecule has 0 fully saturated rings. The van der Waals surface area contributed by atoms with Crippen molar-refractivity contribution in [3.8, 4) is 5.75 Å². The Hall–Kier alpha value is -1.52. The largest absolute Gasteiger partial charge is 0.495 e. The fourth-order valence-corrected chi connectivity index (χ4v) is 1.93. The molecule has 1 rings (SSSR count). The number of ether oxygens (including phenoxy) is 2. The molecule has 0 heterocycles. The lowest BCUT2D eigenvalue weighted by atomic mass is 10.1. The fraction of sp³-hybridized carbons (Fsp3) is 0.400. The van der Waals surface area contributed by atoms with Crippen molar-refractivity contribution < 1.29 is 14.3 Å². The van der Waals surface area contributed by atoms with E-state index in [2.05, 4.69) is 0 Å². The molecule has 0 aliphatic heterocycles. The van der Waals surface area contributed by atoms with Crippen LogP contribution in [0, 0.1) is 6.92 Å². The molecule has 5 heteroatoms. The topological polar surface area (TPSA) is 38.8 Å². The molecule has 110 valence electrons. The molecule has 20 heavy (non-hydrogen) atoms. The molecule has 1 aromatic carbocycles. The molecule has 0 aliphatic rings. The number of carbonyl (C=O) groups excluding carboxylic acids is 1. The van der Waals surface area contributed by atoms with Gasteiger partial charge in [0.15, 0.2) is 0 Å². The SMILES string of the molecule is C/C=C/COCN(C(=O)CCl)c1c(C)cccc1OC. The van der Waals surface area contributed by atoms with Gasteiger partial charge in [-0.25, -0.2) is 0 Å². The highest BCUT2D eigenvalue weighted by Gasteiger charge is 2.20. The number of anilines is 1. The molecular formula is C15H20ClNO3. The number of nitrogens with zero attached hydrogens (tertiary/aromatic N) is 1. The quantitative estimate of drug-likeness (QED) is 0.336. The molecule has 0 unspecified atom stereocenters. The third-order valence-corrected chi connectivity index (χ3v) is 3.00. The number of carbonyl (C=O) groups is 1. The zero-order valence-electron chi connectivity index (χ0n) is 12.1. The third-order valence-electron chi connectivity index (χ3n) is 2.78. The standard InChI is InChI=1S/C15H20ClNO3/c1-4-5-9-20-11-17(14(18)10-16)15-12(2)7-6-8-13(15)19-3/h4-8H,9-11H2,1-3H3/b5-4+. The number of halogens is 1. The third kappa shape index (κ3) is 4.25. The monoisotopic (exact) mass is 297 g/mol. The van der Waals surface area contributed by atoms with E-state index in [1.807, 2.05) is 44.2 Å². The highest BCUT2D eigenvalue weighted by Crippen LogP contribution is 2.31. The first-order valence-corrected chi connectivity index (χ1v) is 6.88. The van der Waals surface area contributed by atoms with Crippen LogP contribution in [0.25, 0.3) is 0 Å². The average Bonchev–Trinajstić information content (AvgIpc) is 2.47. The predicted molar refractivity (Wildman–Crippen MR) is 81.6 cm³/mol. The molecule has 0 bridgehead atoms. The van der Waals surface area contributed by atoms with E-state index in [1.54, 1.807) is 7.11 Å². The van der Waals surface area contributed by atoms with Crippen LogP contribution in [0.15, 0.2) is 30.4 Å². The van der Waals surface area contributed by atoms with Crippen LogP contribution >= 0.6 is 11.6 Å². The molecule has 0 aliphatic carbocycles. The van der Waals surface area contributed by atoms with Gasteiger partial charge in [0.2, 0.25) is 5.91 Å². The Labute approximate surface area is 124 Å². The summed E-state index contributed by atoms with van der Waals surface area (Å²) < 4.78 is 10.8. The molecule has 0 N–H and O–H groups in total. The second-order valence-corrected chi connectivity index (χ2v) is 4.42. The van der Waals surface area contributed by atoms with Gasteiger partial charge in [-0.1, -0.05) is 24.3 Å². The molecule has 0 saturated heterocycles. The van der Waals surface area contributed by atoms with E-state index < -0.39 is 0 Å². The second-order valence-electron chi connectivity index (χ2n) is 4.15. The minimum absolute atomic E-state index is 0.107. The van der Waals surface area contributed by atoms with E-state index in [4.69, 9.17) is 21.1 Å². The molecule has 0 radical (unpaired) electrons. The van der Waals surface area contributed by atoms with Crippen molar-refractivity contribution in [1.82, 2.24) is 0 Å². The van der Waals surface area contributed by atoms with Gasteiger partial charge in [0, 0.05) is 0 Å². The number of alkyl halides is 1. The van der Waals surface area contributed by atoms with Gasteiger partial charge in [-0.2, -0.15) is 0 Å². The van der Waals surface area contributed by atoms with E-state index >= 15 is 0 Å². The van der Waals surface area contributed by atoms with Crippen molar-refractivity contribution >= 4 is 23.2 Å². The highest BCUT2D eigenvalue weighted by molar-refractivity contribution is 6.29. The number of rotatable bonds is 7. The van der Waals surface area contributed by atoms with Gasteiger partial charge in [-0.05, 0) is 25.5 Å². The van der Waals surface area contributed by atoms with E-state index in [9.17, 15) is 4.79 Å². The molecule has 0 aromatic heterocycles. The fourth-order valence-electron chi connectivity index (χ4n) is 1.78. The number of para-hydroxylation sites is 1. The average molecular weight is 298 g/mol. The molecule has 4 nitrogen and oxygen atoms in total. The molecular weight excluding hydrogens is 278 g/mol. The molecule has 1 aromatic rings. The van der Waals surface area contributed by atoms with Crippen LogP contribution in [0.1, 0.15) is 12.5 Å². The molecule has 0 spiro atoms. The predicted octanol–water partition coefficient (Wildman–Crippen LogP) is 3.13. The van der Waals surface area contributed by atoms with Crippen molar-refractivity contribution in [2.75, 3.05) is 31.2 Å². The van der Waals surface area contributed by atoms with Gasteiger partial charge in [0.25, 0.3) is 0 Å². The maximum atomic E-state index is 12.0. The van der Waals surface area contributed by atoms with Gasteiger partial charge in [0.05, 0.1) is 19.4 Å². The van der Waals surface area contributed by atoms with Crippen molar-refractivity contribution in [2.45, 2.75) is 13.8 Å². The van der Waals surface area contributed by atoms with Crippen LogP contribution in [0.4, 0.5) is 5.69 Å². The van der Waals surface area contributed by atoms with Gasteiger partial charge < -0.3 is 9.47 Å². The summed E-state index contributed by atoms with van der Waals surface area (Å²) in [5.74, 6) is 0.294. The van der Waals surface area contributed by atoms with Crippen molar-refractivity contribution in [1.29, 1.82) is 0 Å². The first kappa shape index (κ1) is 16.5. The van der Waals surface area contributed by atoms with Gasteiger partial charge in [-0.15, -0.1) is 11.6 Å². The highest BCUT2D eigenvalue weighted by atomic mass is 35.5. The van der Waals surface area contributed by atoms with Crippen LogP contribution < -0.4 is 9.64 Å². The summed E-state index contributed by atoms with van der Waals surface area (Å²) >= 11 is 5.68. The number of allylic oxidation sites excluding steroid dienone is 1. The summed E-state index contributed by atoms with van der Waals surface area (Å²) in [5.41, 5.74) is 1.62. The van der Waals surface area contributed by atoms with E-state index in [0.29, 0.717) is 18.0 Å². The van der Waals surface area contributed by atoms with Crippen LogP contribution in [0.3, 0.4) is 0 Å². The van der Waals surface area contributed by atoms with Crippen molar-refractivity contribution in [3.63, 3.8) is 0 Å². The van der Waals surface area contributed by atoms with Crippen molar-refractivity contribution in [3.05, 3.63) is 35.9 Å². The molecule has 1 amide bonds. The van der Waals surface area contributed by atoms with Crippen LogP contribution in [0.5, 0.6) is 5.75 Å². The first-order chi connectivity index (χ1) is 9.65. The number of methoxy groups -OCH3 is 1. The molecule has 0 saturated carbocycles. The second kappa shape index (κ2) is 8.61. The summed E-state index contributed by atoms with van der Waals surface area (Å²) in [7, 11) is 1.57. The Morgan fingerprint density at radius 2 is 2.20 bits per heavy atom. The van der Waals surface area contributed by atoms with Crippen molar-refractivity contribution in [2.24, 2.45) is 0 Å². The summed E-state index contributed by atoms with van der Waals surface area (Å²) in [4.78, 5) is 13.5. The van der Waals surface area contributed by atoms with Crippen LogP contribution in [-0.2, 0) is 9.53 Å². The number of aryl methyl sites for hydroxylation is 1. The number of amides is 1. The smallest absolute Gasteiger partial charge is 0.243 e. The summed E-state index contributed by atoms with van der Waals surface area (Å²) in [6, 6.07) is 5.60. The zero-order valence-corrected chi connectivity index (χ0v) is 12.8. The minimum Gasteiger partial charge on any atom is -0.495 e. The Kier molecular flexibility index (Phi) is 7.12. The Balaban J connectivity index is 3.01. The zero-order chi connectivity index (χ0) is 15.0. The Morgan fingerprint density at radius 1 is 1.45 bits per heavy atom. The van der Waals surface area contributed by atoms with Gasteiger partial charge >= 0.3 is 0 Å². The maximum Gasteiger partial charge on any atom is 0.243 e. The number of benzene rings is 1. The lowest BCUT2D eigenvalue weighted by Crippen LogP contribution is -2.35. The van der Waals surface area contributed by atoms with E-state index in [0.717, 1.165) is 5.56 Å². The van der Waals surface area contributed by atoms with Crippen LogP contribution in [-0.4, -0.2) is 32.2 Å². The minimum atomic E-state index is -0.222. The van der Waals surface area contributed by atoms with Gasteiger partial charge in [-0.3, -0.25) is 9.69 Å². The number of hydrogen-bond donors (Lipinski definition) is 0. The van der Waals surface area contributed by atoms with Gasteiger partial charge in [0.1, 0.15) is 18.4 Å².